The van der Waals surface area contributed by atoms with E-state index in [-0.39, 0.29) is 6.09 Å². The van der Waals surface area contributed by atoms with E-state index in [9.17, 15) is 4.79 Å². The Morgan fingerprint density at radius 2 is 2.04 bits per heavy atom. The van der Waals surface area contributed by atoms with Crippen molar-refractivity contribution in [1.29, 1.82) is 0 Å². The number of carbonyl (C=O) groups is 1. The fourth-order valence-electron chi connectivity index (χ4n) is 2.85. The zero-order valence-corrected chi connectivity index (χ0v) is 15.4. The van der Waals surface area contributed by atoms with Gasteiger partial charge in [-0.15, -0.1) is 0 Å². The number of likely N-dealkylation sites (tertiary alicyclic amines) is 1. The molecule has 24 heavy (non-hydrogen) atoms. The maximum atomic E-state index is 12.1. The Labute approximate surface area is 146 Å². The molecule has 2 rings (SSSR count). The van der Waals surface area contributed by atoms with Gasteiger partial charge < -0.3 is 19.9 Å². The van der Waals surface area contributed by atoms with Gasteiger partial charge in [-0.3, -0.25) is 0 Å². The zero-order chi connectivity index (χ0) is 17.6. The van der Waals surface area contributed by atoms with E-state index in [2.05, 4.69) is 41.5 Å². The molecule has 0 saturated carbocycles. The number of hydrogen-bond acceptors (Lipinski definition) is 4. The molecule has 1 unspecified atom stereocenters. The van der Waals surface area contributed by atoms with Crippen molar-refractivity contribution in [2.75, 3.05) is 33.2 Å². The number of rotatable bonds is 6. The molecule has 1 aliphatic heterocycles. The SMILES string of the molecule is CN(CCNC1CCN(C(=O)OC(C)(C)C)C1)Cc1ccccc1. The summed E-state index contributed by atoms with van der Waals surface area (Å²) in [6.07, 6.45) is 0.787. The van der Waals surface area contributed by atoms with Gasteiger partial charge in [0.1, 0.15) is 5.60 Å². The molecule has 1 aromatic rings. The van der Waals surface area contributed by atoms with E-state index in [0.29, 0.717) is 6.04 Å². The summed E-state index contributed by atoms with van der Waals surface area (Å²) in [4.78, 5) is 16.2. The largest absolute Gasteiger partial charge is 0.444 e. The summed E-state index contributed by atoms with van der Waals surface area (Å²) >= 11 is 0. The van der Waals surface area contributed by atoms with Gasteiger partial charge in [0.25, 0.3) is 0 Å². The van der Waals surface area contributed by atoms with Crippen molar-refractivity contribution in [2.24, 2.45) is 0 Å². The molecule has 1 amide bonds. The lowest BCUT2D eigenvalue weighted by Crippen LogP contribution is -2.40. The molecule has 134 valence electrons. The summed E-state index contributed by atoms with van der Waals surface area (Å²) in [5.74, 6) is 0. The number of nitrogens with zero attached hydrogens (tertiary/aromatic N) is 2. The van der Waals surface area contributed by atoms with Crippen LogP contribution in [0.5, 0.6) is 0 Å². The third kappa shape index (κ3) is 6.49. The molecule has 0 spiro atoms. The molecule has 1 heterocycles. The number of likely N-dealkylation sites (N-methyl/N-ethyl adjacent to an activating group) is 1. The molecule has 0 bridgehead atoms. The highest BCUT2D eigenvalue weighted by atomic mass is 16.6. The second-order valence-electron chi connectivity index (χ2n) is 7.59. The Kier molecular flexibility index (Phi) is 6.63. The van der Waals surface area contributed by atoms with Crippen molar-refractivity contribution in [2.45, 2.75) is 45.4 Å². The third-order valence-corrected chi connectivity index (χ3v) is 4.06. The number of nitrogens with one attached hydrogen (secondary N) is 1. The van der Waals surface area contributed by atoms with Crippen molar-refractivity contribution in [3.8, 4) is 0 Å². The van der Waals surface area contributed by atoms with Gasteiger partial charge in [0.15, 0.2) is 0 Å². The molecule has 5 heteroatoms. The number of ether oxygens (including phenoxy) is 1. The van der Waals surface area contributed by atoms with Crippen LogP contribution in [0.15, 0.2) is 30.3 Å². The van der Waals surface area contributed by atoms with Crippen molar-refractivity contribution < 1.29 is 9.53 Å². The second-order valence-corrected chi connectivity index (χ2v) is 7.59. The minimum atomic E-state index is -0.428. The molecule has 0 radical (unpaired) electrons. The summed E-state index contributed by atoms with van der Waals surface area (Å²) in [5.41, 5.74) is 0.903. The fourth-order valence-corrected chi connectivity index (χ4v) is 2.85. The van der Waals surface area contributed by atoms with E-state index < -0.39 is 5.60 Å². The molecule has 1 fully saturated rings. The number of benzene rings is 1. The molecule has 0 aliphatic carbocycles. The maximum Gasteiger partial charge on any atom is 0.410 e. The smallest absolute Gasteiger partial charge is 0.410 e. The summed E-state index contributed by atoms with van der Waals surface area (Å²) < 4.78 is 5.43. The van der Waals surface area contributed by atoms with Crippen LogP contribution in [-0.4, -0.2) is 60.8 Å². The first-order valence-corrected chi connectivity index (χ1v) is 8.77. The summed E-state index contributed by atoms with van der Waals surface area (Å²) in [5, 5.41) is 3.55. The van der Waals surface area contributed by atoms with Gasteiger partial charge in [0, 0.05) is 38.8 Å². The minimum Gasteiger partial charge on any atom is -0.444 e. The van der Waals surface area contributed by atoms with E-state index >= 15 is 0 Å². The van der Waals surface area contributed by atoms with Crippen LogP contribution < -0.4 is 5.32 Å². The normalized spacial score (nSPS) is 18.2. The van der Waals surface area contributed by atoms with Gasteiger partial charge >= 0.3 is 6.09 Å². The highest BCUT2D eigenvalue weighted by Crippen LogP contribution is 2.15. The topological polar surface area (TPSA) is 44.8 Å². The monoisotopic (exact) mass is 333 g/mol. The molecule has 1 atom stereocenters. The lowest BCUT2D eigenvalue weighted by atomic mass is 10.2. The number of carbonyl (C=O) groups excluding carboxylic acids is 1. The Morgan fingerprint density at radius 3 is 2.71 bits per heavy atom. The first kappa shape index (κ1) is 18.7. The Balaban J connectivity index is 1.64. The summed E-state index contributed by atoms with van der Waals surface area (Å²) in [6, 6.07) is 10.9. The van der Waals surface area contributed by atoms with Gasteiger partial charge in [0.2, 0.25) is 0 Å². The van der Waals surface area contributed by atoms with Gasteiger partial charge in [-0.25, -0.2) is 4.79 Å². The zero-order valence-electron chi connectivity index (χ0n) is 15.4. The molecule has 5 nitrogen and oxygen atoms in total. The van der Waals surface area contributed by atoms with Crippen LogP contribution in [0.1, 0.15) is 32.8 Å². The van der Waals surface area contributed by atoms with Crippen LogP contribution in [0.3, 0.4) is 0 Å². The number of amides is 1. The van der Waals surface area contributed by atoms with Crippen molar-refractivity contribution >= 4 is 6.09 Å². The average molecular weight is 333 g/mol. The predicted molar refractivity (Wildman–Crippen MR) is 97.0 cm³/mol. The number of hydrogen-bond donors (Lipinski definition) is 1. The van der Waals surface area contributed by atoms with E-state index in [1.165, 1.54) is 5.56 Å². The first-order chi connectivity index (χ1) is 11.3. The van der Waals surface area contributed by atoms with Crippen LogP contribution >= 0.6 is 0 Å². The van der Waals surface area contributed by atoms with E-state index in [1.807, 2.05) is 26.8 Å². The van der Waals surface area contributed by atoms with Gasteiger partial charge in [-0.2, -0.15) is 0 Å². The Bertz CT molecular complexity index is 513. The summed E-state index contributed by atoms with van der Waals surface area (Å²) in [6.45, 7) is 10.1. The van der Waals surface area contributed by atoms with Crippen LogP contribution in [0.4, 0.5) is 4.79 Å². The first-order valence-electron chi connectivity index (χ1n) is 8.77. The summed E-state index contributed by atoms with van der Waals surface area (Å²) in [7, 11) is 2.14. The van der Waals surface area contributed by atoms with E-state index in [0.717, 1.165) is 39.1 Å². The molecule has 1 aromatic carbocycles. The fraction of sp³-hybridized carbons (Fsp3) is 0.632. The van der Waals surface area contributed by atoms with Crippen LogP contribution in [0.2, 0.25) is 0 Å². The van der Waals surface area contributed by atoms with Crippen molar-refractivity contribution in [3.05, 3.63) is 35.9 Å². The lowest BCUT2D eigenvalue weighted by Gasteiger charge is -2.24. The standard InChI is InChI=1S/C19H31N3O2/c1-19(2,3)24-18(23)22-12-10-17(15-22)20-11-13-21(4)14-16-8-6-5-7-9-16/h5-9,17,20H,10-15H2,1-4H3. The highest BCUT2D eigenvalue weighted by Gasteiger charge is 2.29. The minimum absolute atomic E-state index is 0.201. The van der Waals surface area contributed by atoms with Crippen molar-refractivity contribution in [1.82, 2.24) is 15.1 Å². The molecular weight excluding hydrogens is 302 g/mol. The van der Waals surface area contributed by atoms with Crippen LogP contribution in [0.25, 0.3) is 0 Å². The van der Waals surface area contributed by atoms with Gasteiger partial charge in [0.05, 0.1) is 0 Å². The van der Waals surface area contributed by atoms with Gasteiger partial charge in [-0.1, -0.05) is 30.3 Å². The molecule has 1 N–H and O–H groups in total. The Hall–Kier alpha value is -1.59. The van der Waals surface area contributed by atoms with E-state index in [4.69, 9.17) is 4.74 Å². The maximum absolute atomic E-state index is 12.1. The van der Waals surface area contributed by atoms with Crippen molar-refractivity contribution in [3.63, 3.8) is 0 Å². The van der Waals surface area contributed by atoms with Crippen LogP contribution in [0, 0.1) is 0 Å². The molecule has 0 aromatic heterocycles. The average Bonchev–Trinajstić information content (AvgIpc) is 2.95. The van der Waals surface area contributed by atoms with Crippen LogP contribution in [-0.2, 0) is 11.3 Å². The van der Waals surface area contributed by atoms with Gasteiger partial charge in [-0.05, 0) is 39.8 Å². The second kappa shape index (κ2) is 8.49. The molecular formula is C19H31N3O2. The quantitative estimate of drug-likeness (QED) is 0.869. The lowest BCUT2D eigenvalue weighted by molar-refractivity contribution is 0.0291. The predicted octanol–water partition coefficient (Wildman–Crippen LogP) is 2.72. The highest BCUT2D eigenvalue weighted by molar-refractivity contribution is 5.68. The Morgan fingerprint density at radius 1 is 1.33 bits per heavy atom. The van der Waals surface area contributed by atoms with E-state index in [1.54, 1.807) is 4.90 Å². The molecule has 1 saturated heterocycles. The third-order valence-electron chi connectivity index (χ3n) is 4.06. The molecule has 1 aliphatic rings.